The molecule has 0 bridgehead atoms. The molecule has 152 valence electrons. The second-order valence-corrected chi connectivity index (χ2v) is 7.48. The number of hydrogen-bond acceptors (Lipinski definition) is 7. The molecule has 0 amide bonds. The number of nitrogens with zero attached hydrogens (tertiary/aromatic N) is 1. The van der Waals surface area contributed by atoms with Crippen LogP contribution in [-0.2, 0) is 29.6 Å². The Balaban J connectivity index is 1.96. The predicted octanol–water partition coefficient (Wildman–Crippen LogP) is 3.68. The number of thioether (sulfide) groups is 1. The lowest BCUT2D eigenvalue weighted by Crippen LogP contribution is -2.39. The van der Waals surface area contributed by atoms with Crippen molar-refractivity contribution >= 4 is 29.4 Å². The van der Waals surface area contributed by atoms with E-state index in [1.165, 1.54) is 25.3 Å². The van der Waals surface area contributed by atoms with Gasteiger partial charge in [-0.05, 0) is 24.6 Å². The normalized spacial score (nSPS) is 14.0. The first-order chi connectivity index (χ1) is 14.0. The molecular weight excluding hydrogens is 390 g/mol. The number of esters is 2. The molecule has 0 N–H and O–H groups in total. The van der Waals surface area contributed by atoms with Crippen LogP contribution in [0.15, 0.2) is 64.7 Å². The third-order valence-corrected chi connectivity index (χ3v) is 5.60. The van der Waals surface area contributed by atoms with Crippen LogP contribution in [0.4, 0.5) is 5.69 Å². The van der Waals surface area contributed by atoms with E-state index in [0.29, 0.717) is 0 Å². The molecule has 0 aromatic heterocycles. The average Bonchev–Trinajstić information content (AvgIpc) is 2.76. The molecule has 0 saturated heterocycles. The summed E-state index contributed by atoms with van der Waals surface area (Å²) in [4.78, 5) is 27.3. The van der Waals surface area contributed by atoms with Gasteiger partial charge in [-0.1, -0.05) is 42.0 Å². The van der Waals surface area contributed by atoms with Gasteiger partial charge in [-0.25, -0.2) is 9.59 Å². The van der Waals surface area contributed by atoms with E-state index in [0.717, 1.165) is 16.3 Å². The fourth-order valence-electron chi connectivity index (χ4n) is 3.10. The molecule has 0 fully saturated rings. The monoisotopic (exact) mass is 413 g/mol. The number of ether oxygens (including phenoxy) is 3. The fourth-order valence-corrected chi connectivity index (χ4v) is 4.10. The highest BCUT2D eigenvalue weighted by molar-refractivity contribution is 7.98. The Labute approximate surface area is 174 Å². The molecule has 0 radical (unpaired) electrons. The minimum atomic E-state index is -0.611. The Kier molecular flexibility index (Phi) is 6.95. The molecule has 7 heteroatoms. The first-order valence-corrected chi connectivity index (χ1v) is 10.1. The highest BCUT2D eigenvalue weighted by atomic mass is 32.2. The number of rotatable bonds is 6. The van der Waals surface area contributed by atoms with Gasteiger partial charge in [-0.3, -0.25) is 0 Å². The van der Waals surface area contributed by atoms with Gasteiger partial charge in [-0.15, -0.1) is 11.8 Å². The summed E-state index contributed by atoms with van der Waals surface area (Å²) >= 11 is 1.65. The highest BCUT2D eigenvalue weighted by Gasteiger charge is 2.33. The lowest BCUT2D eigenvalue weighted by atomic mass is 10.1. The molecule has 1 aliphatic heterocycles. The standard InChI is InChI=1S/C22H23NO5S/c1-15-7-6-8-16(11-15)13-29-19-10-5-4-9-18(19)23-14-28-12-17(21(24)26-2)20(23)22(25)27-3/h4-11H,12-14H2,1-3H3. The van der Waals surface area contributed by atoms with E-state index in [-0.39, 0.29) is 24.6 Å². The Morgan fingerprint density at radius 1 is 1.07 bits per heavy atom. The van der Waals surface area contributed by atoms with Crippen LogP contribution < -0.4 is 4.90 Å². The van der Waals surface area contributed by atoms with Crippen molar-refractivity contribution in [3.05, 3.63) is 70.9 Å². The summed E-state index contributed by atoms with van der Waals surface area (Å²) in [5.41, 5.74) is 3.48. The van der Waals surface area contributed by atoms with Gasteiger partial charge >= 0.3 is 11.9 Å². The molecule has 1 heterocycles. The summed E-state index contributed by atoms with van der Waals surface area (Å²) < 4.78 is 15.3. The number of anilines is 1. The average molecular weight is 413 g/mol. The number of carbonyl (C=O) groups is 2. The van der Waals surface area contributed by atoms with E-state index in [2.05, 4.69) is 25.1 Å². The van der Waals surface area contributed by atoms with Crippen molar-refractivity contribution < 1.29 is 23.8 Å². The second-order valence-electron chi connectivity index (χ2n) is 6.46. The maximum atomic E-state index is 12.5. The van der Waals surface area contributed by atoms with E-state index in [1.54, 1.807) is 16.7 Å². The molecule has 0 saturated carbocycles. The SMILES string of the molecule is COC(=O)C1=C(C(=O)OC)N(c2ccccc2SCc2cccc(C)c2)COC1. The van der Waals surface area contributed by atoms with Crippen LogP contribution in [0.3, 0.4) is 0 Å². The number of hydrogen-bond donors (Lipinski definition) is 0. The molecule has 6 nitrogen and oxygen atoms in total. The van der Waals surface area contributed by atoms with Gasteiger partial charge in [0, 0.05) is 10.6 Å². The Morgan fingerprint density at radius 2 is 1.83 bits per heavy atom. The quantitative estimate of drug-likeness (QED) is 0.529. The molecule has 0 spiro atoms. The van der Waals surface area contributed by atoms with Crippen LogP contribution >= 0.6 is 11.8 Å². The topological polar surface area (TPSA) is 65.1 Å². The Morgan fingerprint density at radius 3 is 2.55 bits per heavy atom. The molecule has 3 rings (SSSR count). The van der Waals surface area contributed by atoms with Crippen molar-refractivity contribution in [1.82, 2.24) is 0 Å². The minimum Gasteiger partial charge on any atom is -0.466 e. The zero-order chi connectivity index (χ0) is 20.8. The maximum absolute atomic E-state index is 12.5. The van der Waals surface area contributed by atoms with Gasteiger partial charge in [0.1, 0.15) is 12.4 Å². The Hall–Kier alpha value is -2.77. The van der Waals surface area contributed by atoms with Crippen molar-refractivity contribution in [2.75, 3.05) is 32.5 Å². The van der Waals surface area contributed by atoms with Crippen molar-refractivity contribution in [2.45, 2.75) is 17.6 Å². The van der Waals surface area contributed by atoms with Crippen molar-refractivity contribution in [3.8, 4) is 0 Å². The predicted molar refractivity (Wildman–Crippen MR) is 112 cm³/mol. The third kappa shape index (κ3) is 4.81. The van der Waals surface area contributed by atoms with Gasteiger partial charge in [0.25, 0.3) is 0 Å². The van der Waals surface area contributed by atoms with E-state index in [4.69, 9.17) is 14.2 Å². The summed E-state index contributed by atoms with van der Waals surface area (Å²) in [7, 11) is 2.56. The van der Waals surface area contributed by atoms with Crippen molar-refractivity contribution in [2.24, 2.45) is 0 Å². The second kappa shape index (κ2) is 9.62. The fraction of sp³-hybridized carbons (Fsp3) is 0.273. The molecule has 1 aliphatic rings. The molecule has 29 heavy (non-hydrogen) atoms. The number of para-hydroxylation sites is 1. The first kappa shape index (κ1) is 21.0. The number of benzene rings is 2. The molecule has 2 aromatic rings. The maximum Gasteiger partial charge on any atom is 0.355 e. The van der Waals surface area contributed by atoms with Crippen LogP contribution in [0, 0.1) is 6.92 Å². The summed E-state index contributed by atoms with van der Waals surface area (Å²) in [6.45, 7) is 2.19. The molecular formula is C22H23NO5S. The van der Waals surface area contributed by atoms with Crippen molar-refractivity contribution in [3.63, 3.8) is 0 Å². The Bertz CT molecular complexity index is 940. The van der Waals surface area contributed by atoms with E-state index in [1.807, 2.05) is 30.3 Å². The lowest BCUT2D eigenvalue weighted by molar-refractivity contribution is -0.140. The lowest BCUT2D eigenvalue weighted by Gasteiger charge is -2.32. The first-order valence-electron chi connectivity index (χ1n) is 9.07. The van der Waals surface area contributed by atoms with Crippen LogP contribution in [0.1, 0.15) is 11.1 Å². The van der Waals surface area contributed by atoms with Gasteiger partial charge in [0.2, 0.25) is 0 Å². The molecule has 2 aromatic carbocycles. The van der Waals surface area contributed by atoms with Crippen molar-refractivity contribution in [1.29, 1.82) is 0 Å². The van der Waals surface area contributed by atoms with Gasteiger partial charge in [0.05, 0.1) is 32.1 Å². The summed E-state index contributed by atoms with van der Waals surface area (Å²) in [5.74, 6) is -0.443. The number of aryl methyl sites for hydroxylation is 1. The summed E-state index contributed by atoms with van der Waals surface area (Å²) in [6.07, 6.45) is 0. The smallest absolute Gasteiger partial charge is 0.355 e. The summed E-state index contributed by atoms with van der Waals surface area (Å²) in [5, 5.41) is 0. The summed E-state index contributed by atoms with van der Waals surface area (Å²) in [6, 6.07) is 16.0. The highest BCUT2D eigenvalue weighted by Crippen LogP contribution is 2.36. The van der Waals surface area contributed by atoms with E-state index >= 15 is 0 Å². The van der Waals surface area contributed by atoms with E-state index < -0.39 is 11.9 Å². The van der Waals surface area contributed by atoms with Crippen LogP contribution in [0.5, 0.6) is 0 Å². The number of methoxy groups -OCH3 is 2. The van der Waals surface area contributed by atoms with Gasteiger partial charge in [0.15, 0.2) is 0 Å². The van der Waals surface area contributed by atoms with Crippen LogP contribution in [0.25, 0.3) is 0 Å². The molecule has 0 aliphatic carbocycles. The molecule has 0 unspecified atom stereocenters. The van der Waals surface area contributed by atoms with Crippen LogP contribution in [-0.4, -0.2) is 39.5 Å². The zero-order valence-electron chi connectivity index (χ0n) is 16.6. The zero-order valence-corrected chi connectivity index (χ0v) is 17.5. The minimum absolute atomic E-state index is 0.00773. The van der Waals surface area contributed by atoms with Crippen LogP contribution in [0.2, 0.25) is 0 Å². The van der Waals surface area contributed by atoms with E-state index in [9.17, 15) is 9.59 Å². The molecule has 0 atom stereocenters. The number of carbonyl (C=O) groups excluding carboxylic acids is 2. The van der Waals surface area contributed by atoms with Gasteiger partial charge in [-0.2, -0.15) is 0 Å². The van der Waals surface area contributed by atoms with Gasteiger partial charge < -0.3 is 19.1 Å². The largest absolute Gasteiger partial charge is 0.466 e. The third-order valence-electron chi connectivity index (χ3n) is 4.47.